The Labute approximate surface area is 134 Å². The van der Waals surface area contributed by atoms with E-state index in [1.54, 1.807) is 24.3 Å². The molecule has 120 valence electrons. The fourth-order valence-corrected chi connectivity index (χ4v) is 1.66. The molecule has 0 spiro atoms. The smallest absolute Gasteiger partial charge is 0.342 e. The monoisotopic (exact) mass is 336 g/mol. The number of nitrogens with one attached hydrogen (secondary N) is 4. The van der Waals surface area contributed by atoms with Crippen LogP contribution in [-0.4, -0.2) is 33.3 Å². The summed E-state index contributed by atoms with van der Waals surface area (Å²) in [4.78, 5) is 36.1. The maximum absolute atomic E-state index is 11.8. The maximum Gasteiger partial charge on any atom is 0.342 e. The molecule has 0 bridgehead atoms. The largest absolute Gasteiger partial charge is 0.353 e. The number of carbonyl (C=O) groups excluding carboxylic acids is 1. The molecule has 1 aromatic heterocycles. The number of aromatic amines is 2. The molecular formula is C13H13ClN6O3. The van der Waals surface area contributed by atoms with E-state index in [0.717, 1.165) is 5.56 Å². The Balaban J connectivity index is 1.93. The molecule has 2 rings (SSSR count). The van der Waals surface area contributed by atoms with E-state index in [9.17, 15) is 14.4 Å². The summed E-state index contributed by atoms with van der Waals surface area (Å²) >= 11 is 5.76. The van der Waals surface area contributed by atoms with E-state index < -0.39 is 23.2 Å². The van der Waals surface area contributed by atoms with Gasteiger partial charge in [-0.1, -0.05) is 23.7 Å². The fourth-order valence-electron chi connectivity index (χ4n) is 1.53. The summed E-state index contributed by atoms with van der Waals surface area (Å²) in [5.41, 5.74) is 1.62. The van der Waals surface area contributed by atoms with Crippen LogP contribution in [0.25, 0.3) is 0 Å². The van der Waals surface area contributed by atoms with Crippen molar-refractivity contribution in [2.24, 2.45) is 5.10 Å². The van der Waals surface area contributed by atoms with Crippen LogP contribution in [0.4, 0.5) is 5.82 Å². The SMILES string of the molecule is CC(Nc1n[nH]c(=O)[nH]c1=O)C(=O)N/N=C/c1ccc(Cl)cc1. The van der Waals surface area contributed by atoms with Gasteiger partial charge in [0.25, 0.3) is 11.5 Å². The van der Waals surface area contributed by atoms with E-state index in [-0.39, 0.29) is 5.82 Å². The van der Waals surface area contributed by atoms with Crippen LogP contribution in [0.1, 0.15) is 12.5 Å². The van der Waals surface area contributed by atoms with Gasteiger partial charge in [-0.3, -0.25) is 14.6 Å². The van der Waals surface area contributed by atoms with Crippen molar-refractivity contribution in [3.8, 4) is 0 Å². The van der Waals surface area contributed by atoms with E-state index in [1.165, 1.54) is 13.1 Å². The molecule has 10 heteroatoms. The summed E-state index contributed by atoms with van der Waals surface area (Å²) in [5.74, 6) is -0.656. The number of hydrogen-bond acceptors (Lipinski definition) is 6. The lowest BCUT2D eigenvalue weighted by Crippen LogP contribution is -2.38. The van der Waals surface area contributed by atoms with Crippen LogP contribution in [0.3, 0.4) is 0 Å². The first-order chi connectivity index (χ1) is 11.0. The van der Waals surface area contributed by atoms with Crippen LogP contribution in [-0.2, 0) is 4.79 Å². The fraction of sp³-hybridized carbons (Fsp3) is 0.154. The van der Waals surface area contributed by atoms with Gasteiger partial charge >= 0.3 is 5.69 Å². The Morgan fingerprint density at radius 1 is 1.35 bits per heavy atom. The molecule has 1 amide bonds. The third-order valence-corrected chi connectivity index (χ3v) is 2.97. The number of halogens is 1. The highest BCUT2D eigenvalue weighted by Gasteiger charge is 2.14. The minimum atomic E-state index is -0.795. The molecule has 1 unspecified atom stereocenters. The van der Waals surface area contributed by atoms with Crippen molar-refractivity contribution >= 4 is 29.5 Å². The lowest BCUT2D eigenvalue weighted by atomic mass is 10.2. The average molecular weight is 337 g/mol. The van der Waals surface area contributed by atoms with Gasteiger partial charge in [-0.2, -0.15) is 5.10 Å². The maximum atomic E-state index is 11.8. The van der Waals surface area contributed by atoms with Crippen molar-refractivity contribution in [2.75, 3.05) is 5.32 Å². The van der Waals surface area contributed by atoms with Crippen molar-refractivity contribution in [3.63, 3.8) is 0 Å². The number of H-pyrrole nitrogens is 2. The number of hydrogen-bond donors (Lipinski definition) is 4. The second kappa shape index (κ2) is 7.36. The van der Waals surface area contributed by atoms with Crippen LogP contribution in [0.5, 0.6) is 0 Å². The molecule has 0 aliphatic carbocycles. The predicted octanol–water partition coefficient (Wildman–Crippen LogP) is 0.0623. The first-order valence-electron chi connectivity index (χ1n) is 6.50. The Morgan fingerprint density at radius 2 is 2.04 bits per heavy atom. The molecule has 1 aromatic carbocycles. The minimum absolute atomic E-state index is 0.172. The van der Waals surface area contributed by atoms with E-state index in [0.29, 0.717) is 5.02 Å². The van der Waals surface area contributed by atoms with Crippen molar-refractivity contribution < 1.29 is 4.79 Å². The van der Waals surface area contributed by atoms with Gasteiger partial charge in [-0.25, -0.2) is 15.3 Å². The van der Waals surface area contributed by atoms with Crippen molar-refractivity contribution in [1.29, 1.82) is 0 Å². The van der Waals surface area contributed by atoms with Gasteiger partial charge in [-0.15, -0.1) is 5.10 Å². The van der Waals surface area contributed by atoms with Gasteiger partial charge in [0.2, 0.25) is 5.82 Å². The standard InChI is InChI=1S/C13H13ClN6O3/c1-7(16-10-12(22)17-13(23)20-18-10)11(21)19-15-6-8-2-4-9(14)5-3-8/h2-7H,1H3,(H,16,18)(H,19,21)(H2,17,20,22,23)/b15-6+. The third-order valence-electron chi connectivity index (χ3n) is 2.72. The second-order valence-electron chi connectivity index (χ2n) is 4.51. The van der Waals surface area contributed by atoms with Crippen molar-refractivity contribution in [2.45, 2.75) is 13.0 Å². The Morgan fingerprint density at radius 3 is 2.70 bits per heavy atom. The van der Waals surface area contributed by atoms with Crippen LogP contribution in [0.2, 0.25) is 5.02 Å². The first-order valence-corrected chi connectivity index (χ1v) is 6.87. The molecule has 0 radical (unpaired) electrons. The van der Waals surface area contributed by atoms with Crippen LogP contribution >= 0.6 is 11.6 Å². The molecular weight excluding hydrogens is 324 g/mol. The molecule has 0 saturated heterocycles. The van der Waals surface area contributed by atoms with E-state index in [4.69, 9.17) is 11.6 Å². The van der Waals surface area contributed by atoms with Crippen molar-refractivity contribution in [1.82, 2.24) is 20.6 Å². The molecule has 0 aliphatic heterocycles. The third kappa shape index (κ3) is 4.78. The number of amides is 1. The van der Waals surface area contributed by atoms with Gasteiger partial charge in [0.1, 0.15) is 6.04 Å². The predicted molar refractivity (Wildman–Crippen MR) is 85.8 cm³/mol. The molecule has 0 aliphatic rings. The van der Waals surface area contributed by atoms with Gasteiger partial charge in [0, 0.05) is 5.02 Å². The molecule has 9 nitrogen and oxygen atoms in total. The quantitative estimate of drug-likeness (QED) is 0.453. The van der Waals surface area contributed by atoms with E-state index in [2.05, 4.69) is 26.0 Å². The first kappa shape index (κ1) is 16.4. The summed E-state index contributed by atoms with van der Waals surface area (Å²) in [6, 6.07) is 6.08. The lowest BCUT2D eigenvalue weighted by molar-refractivity contribution is -0.121. The highest BCUT2D eigenvalue weighted by molar-refractivity contribution is 6.30. The molecule has 4 N–H and O–H groups in total. The Bertz CT molecular complexity index is 827. The normalized spacial score (nSPS) is 12.1. The second-order valence-corrected chi connectivity index (χ2v) is 4.94. The zero-order valence-corrected chi connectivity index (χ0v) is 12.7. The number of hydrazone groups is 1. The number of anilines is 1. The Kier molecular flexibility index (Phi) is 5.26. The van der Waals surface area contributed by atoms with Crippen LogP contribution in [0, 0.1) is 0 Å². The van der Waals surface area contributed by atoms with Crippen molar-refractivity contribution in [3.05, 3.63) is 55.7 Å². The minimum Gasteiger partial charge on any atom is -0.353 e. The average Bonchev–Trinajstić information content (AvgIpc) is 2.51. The lowest BCUT2D eigenvalue weighted by Gasteiger charge is -2.11. The summed E-state index contributed by atoms with van der Waals surface area (Å²) in [6.07, 6.45) is 1.45. The number of nitrogens with zero attached hydrogens (tertiary/aromatic N) is 2. The Hall–Kier alpha value is -2.94. The molecule has 1 atom stereocenters. The topological polar surface area (TPSA) is 132 Å². The van der Waals surface area contributed by atoms with E-state index >= 15 is 0 Å². The molecule has 23 heavy (non-hydrogen) atoms. The zero-order chi connectivity index (χ0) is 16.8. The summed E-state index contributed by atoms with van der Waals surface area (Å²) < 4.78 is 0. The zero-order valence-electron chi connectivity index (χ0n) is 12.0. The van der Waals surface area contributed by atoms with Gasteiger partial charge in [0.05, 0.1) is 6.21 Å². The summed E-state index contributed by atoms with van der Waals surface area (Å²) in [6.45, 7) is 1.51. The highest BCUT2D eigenvalue weighted by Crippen LogP contribution is 2.07. The molecule has 1 heterocycles. The van der Waals surface area contributed by atoms with E-state index in [1.807, 2.05) is 4.98 Å². The number of rotatable bonds is 5. The van der Waals surface area contributed by atoms with Gasteiger partial charge < -0.3 is 5.32 Å². The summed E-state index contributed by atoms with van der Waals surface area (Å²) in [7, 11) is 0. The summed E-state index contributed by atoms with van der Waals surface area (Å²) in [5, 5.41) is 12.5. The van der Waals surface area contributed by atoms with Crippen LogP contribution < -0.4 is 22.0 Å². The highest BCUT2D eigenvalue weighted by atomic mass is 35.5. The number of carbonyl (C=O) groups is 1. The van der Waals surface area contributed by atoms with Gasteiger partial charge in [-0.05, 0) is 24.6 Å². The molecule has 0 fully saturated rings. The molecule has 2 aromatic rings. The molecule has 0 saturated carbocycles. The number of benzene rings is 1. The van der Waals surface area contributed by atoms with Crippen LogP contribution in [0.15, 0.2) is 39.0 Å². The number of aromatic nitrogens is 3. The van der Waals surface area contributed by atoms with Gasteiger partial charge in [0.15, 0.2) is 0 Å².